The molecule has 1 N–H and O–H groups in total. The van der Waals surface area contributed by atoms with Gasteiger partial charge in [0.2, 0.25) is 5.91 Å². The average Bonchev–Trinajstić information content (AvgIpc) is 2.73. The Labute approximate surface area is 169 Å². The minimum atomic E-state index is -0.183. The van der Waals surface area contributed by atoms with Crippen molar-refractivity contribution in [3.8, 4) is 5.75 Å². The molecule has 144 valence electrons. The van der Waals surface area contributed by atoms with E-state index < -0.39 is 0 Å². The molecular weight excluding hydrogens is 376 g/mol. The van der Waals surface area contributed by atoms with Crippen molar-refractivity contribution in [3.05, 3.63) is 70.8 Å². The number of hydrogen-bond donors (Lipinski definition) is 1. The summed E-state index contributed by atoms with van der Waals surface area (Å²) in [6.45, 7) is 3.70. The van der Waals surface area contributed by atoms with Crippen LogP contribution in [-0.4, -0.2) is 38.8 Å². The molecule has 2 aromatic carbocycles. The second-order valence-electron chi connectivity index (χ2n) is 6.66. The quantitative estimate of drug-likeness (QED) is 0.789. The molecule has 0 unspecified atom stereocenters. The molecular formula is C22H21ClN2O3. The summed E-state index contributed by atoms with van der Waals surface area (Å²) in [6.07, 6.45) is 5.26. The molecule has 0 aliphatic carbocycles. The van der Waals surface area contributed by atoms with Crippen LogP contribution >= 0.6 is 11.6 Å². The number of anilines is 2. The first-order valence-electron chi connectivity index (χ1n) is 9.22. The summed E-state index contributed by atoms with van der Waals surface area (Å²) < 4.78 is 11.1. The van der Waals surface area contributed by atoms with Gasteiger partial charge in [-0.2, -0.15) is 0 Å². The van der Waals surface area contributed by atoms with Crippen molar-refractivity contribution < 1.29 is 14.3 Å². The zero-order valence-corrected chi connectivity index (χ0v) is 16.1. The lowest BCUT2D eigenvalue weighted by Gasteiger charge is -2.28. The van der Waals surface area contributed by atoms with Crippen LogP contribution in [0.4, 0.5) is 11.4 Å². The molecule has 28 heavy (non-hydrogen) atoms. The van der Waals surface area contributed by atoms with Gasteiger partial charge in [0.1, 0.15) is 12.4 Å². The standard InChI is InChI=1S/C22H21ClN2O3/c23-18-2-7-21-17(14-18)13-16(15-28-21)1-8-22(26)24-19-3-5-20(6-4-19)25-9-11-27-12-10-25/h1-8,13-14H,9-12,15H2,(H,24,26)/b8-1+. The molecule has 2 aliphatic heterocycles. The number of halogens is 1. The molecule has 4 rings (SSSR count). The van der Waals surface area contributed by atoms with E-state index in [9.17, 15) is 4.79 Å². The summed E-state index contributed by atoms with van der Waals surface area (Å²) in [6, 6.07) is 13.4. The third-order valence-electron chi connectivity index (χ3n) is 4.67. The molecule has 2 aliphatic rings. The molecule has 2 aromatic rings. The molecule has 1 saturated heterocycles. The average molecular weight is 397 g/mol. The number of benzene rings is 2. The van der Waals surface area contributed by atoms with Crippen LogP contribution in [0.25, 0.3) is 6.08 Å². The molecule has 5 nitrogen and oxygen atoms in total. The Hall–Kier alpha value is -2.76. The Balaban J connectivity index is 1.36. The van der Waals surface area contributed by atoms with Gasteiger partial charge in [-0.05, 0) is 54.1 Å². The molecule has 2 heterocycles. The predicted molar refractivity (Wildman–Crippen MR) is 112 cm³/mol. The topological polar surface area (TPSA) is 50.8 Å². The highest BCUT2D eigenvalue weighted by molar-refractivity contribution is 6.30. The van der Waals surface area contributed by atoms with Crippen LogP contribution in [0.1, 0.15) is 5.56 Å². The van der Waals surface area contributed by atoms with E-state index in [-0.39, 0.29) is 5.91 Å². The normalized spacial score (nSPS) is 16.3. The fourth-order valence-corrected chi connectivity index (χ4v) is 3.39. The highest BCUT2D eigenvalue weighted by Gasteiger charge is 2.12. The molecule has 6 heteroatoms. The maximum absolute atomic E-state index is 12.2. The second kappa shape index (κ2) is 8.50. The summed E-state index contributed by atoms with van der Waals surface area (Å²) in [7, 11) is 0. The maximum atomic E-state index is 12.2. The number of ether oxygens (including phenoxy) is 2. The van der Waals surface area contributed by atoms with Crippen LogP contribution < -0.4 is 15.0 Å². The molecule has 0 bridgehead atoms. The Bertz CT molecular complexity index is 916. The summed E-state index contributed by atoms with van der Waals surface area (Å²) in [5.41, 5.74) is 3.72. The number of nitrogens with zero attached hydrogens (tertiary/aromatic N) is 1. The van der Waals surface area contributed by atoms with Gasteiger partial charge in [-0.15, -0.1) is 0 Å². The van der Waals surface area contributed by atoms with Gasteiger partial charge in [0.15, 0.2) is 0 Å². The lowest BCUT2D eigenvalue weighted by atomic mass is 10.1. The van der Waals surface area contributed by atoms with Gasteiger partial charge in [0, 0.05) is 41.1 Å². The number of amides is 1. The number of carbonyl (C=O) groups is 1. The van der Waals surface area contributed by atoms with Gasteiger partial charge < -0.3 is 19.7 Å². The Morgan fingerprint density at radius 1 is 1.11 bits per heavy atom. The van der Waals surface area contributed by atoms with Crippen LogP contribution in [0.3, 0.4) is 0 Å². The first kappa shape index (κ1) is 18.6. The lowest BCUT2D eigenvalue weighted by molar-refractivity contribution is -0.111. The maximum Gasteiger partial charge on any atom is 0.248 e. The van der Waals surface area contributed by atoms with E-state index in [1.165, 1.54) is 6.08 Å². The number of morpholine rings is 1. The SMILES string of the molecule is O=C(/C=C/C1=Cc2cc(Cl)ccc2OC1)Nc1ccc(N2CCOCC2)cc1. The van der Waals surface area contributed by atoms with Crippen molar-refractivity contribution in [2.75, 3.05) is 43.1 Å². The van der Waals surface area contributed by atoms with E-state index in [2.05, 4.69) is 10.2 Å². The fourth-order valence-electron chi connectivity index (χ4n) is 3.21. The minimum absolute atomic E-state index is 0.183. The largest absolute Gasteiger partial charge is 0.488 e. The van der Waals surface area contributed by atoms with E-state index >= 15 is 0 Å². The smallest absolute Gasteiger partial charge is 0.248 e. The number of nitrogens with one attached hydrogen (secondary N) is 1. The van der Waals surface area contributed by atoms with Crippen molar-refractivity contribution in [2.45, 2.75) is 0 Å². The first-order valence-corrected chi connectivity index (χ1v) is 9.60. The first-order chi connectivity index (χ1) is 13.7. The van der Waals surface area contributed by atoms with E-state index in [1.807, 2.05) is 42.5 Å². The van der Waals surface area contributed by atoms with Crippen LogP contribution in [-0.2, 0) is 9.53 Å². The van der Waals surface area contributed by atoms with Gasteiger partial charge in [0.05, 0.1) is 13.2 Å². The molecule has 0 radical (unpaired) electrons. The van der Waals surface area contributed by atoms with Crippen molar-refractivity contribution in [2.24, 2.45) is 0 Å². The van der Waals surface area contributed by atoms with Crippen molar-refractivity contribution in [1.29, 1.82) is 0 Å². The number of hydrogen-bond acceptors (Lipinski definition) is 4. The fraction of sp³-hybridized carbons (Fsp3) is 0.227. The predicted octanol–water partition coefficient (Wildman–Crippen LogP) is 4.15. The van der Waals surface area contributed by atoms with Crippen LogP contribution in [0.2, 0.25) is 5.02 Å². The zero-order chi connectivity index (χ0) is 19.3. The molecule has 1 fully saturated rings. The molecule has 0 aromatic heterocycles. The number of carbonyl (C=O) groups excluding carboxylic acids is 1. The summed E-state index contributed by atoms with van der Waals surface area (Å²) in [4.78, 5) is 14.5. The summed E-state index contributed by atoms with van der Waals surface area (Å²) in [5.74, 6) is 0.614. The summed E-state index contributed by atoms with van der Waals surface area (Å²) in [5, 5.41) is 3.54. The number of rotatable bonds is 4. The lowest BCUT2D eigenvalue weighted by Crippen LogP contribution is -2.36. The van der Waals surface area contributed by atoms with Crippen LogP contribution in [0.5, 0.6) is 5.75 Å². The van der Waals surface area contributed by atoms with Gasteiger partial charge >= 0.3 is 0 Å². The molecule has 1 amide bonds. The third-order valence-corrected chi connectivity index (χ3v) is 4.90. The minimum Gasteiger partial charge on any atom is -0.488 e. The molecule has 0 atom stereocenters. The van der Waals surface area contributed by atoms with E-state index in [0.29, 0.717) is 11.6 Å². The monoisotopic (exact) mass is 396 g/mol. The van der Waals surface area contributed by atoms with E-state index in [1.54, 1.807) is 12.1 Å². The van der Waals surface area contributed by atoms with Crippen molar-refractivity contribution in [3.63, 3.8) is 0 Å². The third kappa shape index (κ3) is 4.55. The van der Waals surface area contributed by atoms with Crippen molar-refractivity contribution in [1.82, 2.24) is 0 Å². The van der Waals surface area contributed by atoms with Crippen molar-refractivity contribution >= 4 is 35.0 Å². The number of fused-ring (bicyclic) bond motifs is 1. The second-order valence-corrected chi connectivity index (χ2v) is 7.10. The Kier molecular flexibility index (Phi) is 5.65. The zero-order valence-electron chi connectivity index (χ0n) is 15.4. The van der Waals surface area contributed by atoms with Gasteiger partial charge in [0.25, 0.3) is 0 Å². The van der Waals surface area contributed by atoms with Gasteiger partial charge in [-0.25, -0.2) is 0 Å². The van der Waals surface area contributed by atoms with Gasteiger partial charge in [-0.1, -0.05) is 17.7 Å². The van der Waals surface area contributed by atoms with E-state index in [4.69, 9.17) is 21.1 Å². The van der Waals surface area contributed by atoms with Crippen LogP contribution in [0, 0.1) is 0 Å². The van der Waals surface area contributed by atoms with Gasteiger partial charge in [-0.3, -0.25) is 4.79 Å². The molecule has 0 saturated carbocycles. The summed E-state index contributed by atoms with van der Waals surface area (Å²) >= 11 is 6.03. The Morgan fingerprint density at radius 3 is 2.68 bits per heavy atom. The highest BCUT2D eigenvalue weighted by Crippen LogP contribution is 2.29. The Morgan fingerprint density at radius 2 is 1.89 bits per heavy atom. The van der Waals surface area contributed by atoms with Crippen LogP contribution in [0.15, 0.2) is 60.2 Å². The molecule has 0 spiro atoms. The highest BCUT2D eigenvalue weighted by atomic mass is 35.5. The van der Waals surface area contributed by atoms with E-state index in [0.717, 1.165) is 54.6 Å².